The van der Waals surface area contributed by atoms with Gasteiger partial charge in [-0.05, 0) is 49.1 Å². The van der Waals surface area contributed by atoms with Gasteiger partial charge in [0.1, 0.15) is 0 Å². The molecule has 1 aliphatic carbocycles. The number of hydrogen-bond acceptors (Lipinski definition) is 3. The summed E-state index contributed by atoms with van der Waals surface area (Å²) in [4.78, 5) is 17.4. The molecule has 0 bridgehead atoms. The van der Waals surface area contributed by atoms with E-state index in [1.54, 1.807) is 6.20 Å². The number of aliphatic hydroxyl groups is 1. The number of benzene rings is 1. The summed E-state index contributed by atoms with van der Waals surface area (Å²) in [5, 5.41) is 13.8. The zero-order chi connectivity index (χ0) is 17.4. The molecular formula is C20H21N3O2. The maximum Gasteiger partial charge on any atom is 0.252 e. The van der Waals surface area contributed by atoms with Crippen molar-refractivity contribution < 1.29 is 9.90 Å². The lowest BCUT2D eigenvalue weighted by atomic mass is 9.76. The van der Waals surface area contributed by atoms with E-state index in [-0.39, 0.29) is 24.0 Å². The topological polar surface area (TPSA) is 67.2 Å². The van der Waals surface area contributed by atoms with Crippen LogP contribution in [0.3, 0.4) is 0 Å². The molecular weight excluding hydrogens is 314 g/mol. The van der Waals surface area contributed by atoms with Crippen LogP contribution in [0.5, 0.6) is 0 Å². The van der Waals surface area contributed by atoms with Crippen molar-refractivity contribution in [3.63, 3.8) is 0 Å². The van der Waals surface area contributed by atoms with Gasteiger partial charge < -0.3 is 15.0 Å². The normalized spacial score (nSPS) is 20.9. The van der Waals surface area contributed by atoms with Crippen LogP contribution in [0.15, 0.2) is 54.9 Å². The van der Waals surface area contributed by atoms with Crippen LogP contribution in [0.2, 0.25) is 0 Å². The van der Waals surface area contributed by atoms with E-state index < -0.39 is 0 Å². The molecule has 4 rings (SSSR count). The minimum absolute atomic E-state index is 0.103. The van der Waals surface area contributed by atoms with E-state index in [0.29, 0.717) is 18.4 Å². The van der Waals surface area contributed by atoms with Crippen LogP contribution in [-0.4, -0.2) is 26.7 Å². The van der Waals surface area contributed by atoms with E-state index in [9.17, 15) is 9.90 Å². The number of carbonyl (C=O) groups is 1. The molecule has 2 N–H and O–H groups in total. The molecule has 0 radical (unpaired) electrons. The lowest BCUT2D eigenvalue weighted by Gasteiger charge is -2.37. The Bertz CT molecular complexity index is 898. The van der Waals surface area contributed by atoms with Gasteiger partial charge in [-0.2, -0.15) is 0 Å². The molecule has 1 amide bonds. The second-order valence-electron chi connectivity index (χ2n) is 6.76. The second kappa shape index (κ2) is 6.33. The highest BCUT2D eigenvalue weighted by molar-refractivity contribution is 6.06. The van der Waals surface area contributed by atoms with Crippen molar-refractivity contribution in [2.24, 2.45) is 13.0 Å². The quantitative estimate of drug-likeness (QED) is 0.770. The number of rotatable bonds is 4. The van der Waals surface area contributed by atoms with Gasteiger partial charge in [-0.25, -0.2) is 0 Å². The van der Waals surface area contributed by atoms with Crippen molar-refractivity contribution in [3.8, 4) is 0 Å². The van der Waals surface area contributed by atoms with E-state index >= 15 is 0 Å². The molecule has 128 valence electrons. The number of aryl methyl sites for hydroxylation is 1. The molecule has 1 fully saturated rings. The van der Waals surface area contributed by atoms with Gasteiger partial charge in [0.05, 0.1) is 17.8 Å². The highest BCUT2D eigenvalue weighted by Crippen LogP contribution is 2.37. The Morgan fingerprint density at radius 3 is 2.80 bits per heavy atom. The molecule has 0 spiro atoms. The summed E-state index contributed by atoms with van der Waals surface area (Å²) in [5.41, 5.74) is 2.54. The van der Waals surface area contributed by atoms with Crippen molar-refractivity contribution in [1.29, 1.82) is 0 Å². The maximum atomic E-state index is 13.0. The Kier molecular flexibility index (Phi) is 4.01. The number of hydrogen-bond donors (Lipinski definition) is 2. The molecule has 1 aliphatic rings. The van der Waals surface area contributed by atoms with Crippen LogP contribution in [0, 0.1) is 5.92 Å². The average molecular weight is 335 g/mol. The third-order valence-electron chi connectivity index (χ3n) is 5.09. The standard InChI is InChI=1S/C20H21N3O2/c1-23-10-8-15-16(5-4-7-18(15)23)20(25)22-19(13-11-14(24)12-13)17-6-2-3-9-21-17/h2-10,13-14,19,24H,11-12H2,1H3,(H,22,25)/t13?,14?,19-/m1/s1. The van der Waals surface area contributed by atoms with Crippen LogP contribution in [0.25, 0.3) is 10.9 Å². The Balaban J connectivity index is 1.64. The number of amides is 1. The minimum Gasteiger partial charge on any atom is -0.393 e. The van der Waals surface area contributed by atoms with E-state index in [1.165, 1.54) is 0 Å². The molecule has 2 heterocycles. The predicted molar refractivity (Wildman–Crippen MR) is 96.1 cm³/mol. The molecule has 2 aromatic heterocycles. The fourth-order valence-corrected chi connectivity index (χ4v) is 3.61. The van der Waals surface area contributed by atoms with Crippen LogP contribution in [-0.2, 0) is 7.05 Å². The van der Waals surface area contributed by atoms with Gasteiger partial charge in [-0.3, -0.25) is 9.78 Å². The average Bonchev–Trinajstić information content (AvgIpc) is 2.99. The van der Waals surface area contributed by atoms with Crippen LogP contribution in [0.4, 0.5) is 0 Å². The third-order valence-corrected chi connectivity index (χ3v) is 5.09. The first-order valence-electron chi connectivity index (χ1n) is 8.57. The van der Waals surface area contributed by atoms with Gasteiger partial charge in [0.2, 0.25) is 0 Å². The summed E-state index contributed by atoms with van der Waals surface area (Å²) in [6.07, 6.45) is 4.81. The Morgan fingerprint density at radius 1 is 1.24 bits per heavy atom. The van der Waals surface area contributed by atoms with Gasteiger partial charge in [-0.1, -0.05) is 12.1 Å². The lowest BCUT2D eigenvalue weighted by molar-refractivity contribution is 0.0228. The molecule has 0 saturated heterocycles. The summed E-state index contributed by atoms with van der Waals surface area (Å²) in [5.74, 6) is 0.109. The van der Waals surface area contributed by atoms with E-state index in [2.05, 4.69) is 10.3 Å². The zero-order valence-electron chi connectivity index (χ0n) is 14.1. The number of nitrogens with zero attached hydrogens (tertiary/aromatic N) is 2. The molecule has 0 aliphatic heterocycles. The van der Waals surface area contributed by atoms with Gasteiger partial charge >= 0.3 is 0 Å². The molecule has 5 heteroatoms. The van der Waals surface area contributed by atoms with Gasteiger partial charge in [0.25, 0.3) is 5.91 Å². The first-order chi connectivity index (χ1) is 12.1. The molecule has 1 atom stereocenters. The summed E-state index contributed by atoms with van der Waals surface area (Å²) < 4.78 is 2.00. The maximum absolute atomic E-state index is 13.0. The van der Waals surface area contributed by atoms with Gasteiger partial charge in [-0.15, -0.1) is 0 Å². The van der Waals surface area contributed by atoms with Crippen LogP contribution in [0.1, 0.15) is 34.9 Å². The SMILES string of the molecule is Cn1ccc2c(C(=O)N[C@@H](c3ccccn3)C3CC(O)C3)cccc21. The molecule has 1 aromatic carbocycles. The number of pyridine rings is 1. The molecule has 3 aromatic rings. The zero-order valence-corrected chi connectivity index (χ0v) is 14.1. The summed E-state index contributed by atoms with van der Waals surface area (Å²) >= 11 is 0. The summed E-state index contributed by atoms with van der Waals surface area (Å²) in [6.45, 7) is 0. The van der Waals surface area contributed by atoms with Crippen molar-refractivity contribution in [3.05, 3.63) is 66.1 Å². The fourth-order valence-electron chi connectivity index (χ4n) is 3.61. The summed E-state index contributed by atoms with van der Waals surface area (Å²) in [7, 11) is 1.97. The smallest absolute Gasteiger partial charge is 0.252 e. The Hall–Kier alpha value is -2.66. The number of aromatic nitrogens is 2. The van der Waals surface area contributed by atoms with Crippen molar-refractivity contribution in [2.45, 2.75) is 25.0 Å². The van der Waals surface area contributed by atoms with Crippen molar-refractivity contribution in [1.82, 2.24) is 14.9 Å². The number of nitrogens with one attached hydrogen (secondary N) is 1. The van der Waals surface area contributed by atoms with Crippen LogP contribution < -0.4 is 5.32 Å². The third kappa shape index (κ3) is 2.91. The largest absolute Gasteiger partial charge is 0.393 e. The number of aliphatic hydroxyl groups excluding tert-OH is 1. The van der Waals surface area contributed by atoms with E-state index in [1.807, 2.05) is 60.3 Å². The fraction of sp³-hybridized carbons (Fsp3) is 0.300. The molecule has 0 unspecified atom stereocenters. The monoisotopic (exact) mass is 335 g/mol. The Morgan fingerprint density at radius 2 is 2.08 bits per heavy atom. The first-order valence-corrected chi connectivity index (χ1v) is 8.57. The van der Waals surface area contributed by atoms with Crippen molar-refractivity contribution in [2.75, 3.05) is 0 Å². The second-order valence-corrected chi connectivity index (χ2v) is 6.76. The first kappa shape index (κ1) is 15.8. The summed E-state index contributed by atoms with van der Waals surface area (Å²) in [6, 6.07) is 13.3. The highest BCUT2D eigenvalue weighted by atomic mass is 16.3. The minimum atomic E-state index is -0.273. The molecule has 1 saturated carbocycles. The van der Waals surface area contributed by atoms with Gasteiger partial charge in [0.15, 0.2) is 0 Å². The van der Waals surface area contributed by atoms with E-state index in [4.69, 9.17) is 0 Å². The van der Waals surface area contributed by atoms with E-state index in [0.717, 1.165) is 16.6 Å². The Labute approximate surface area is 146 Å². The lowest BCUT2D eigenvalue weighted by Crippen LogP contribution is -2.41. The number of carbonyl (C=O) groups excluding carboxylic acids is 1. The van der Waals surface area contributed by atoms with Gasteiger partial charge in [0, 0.05) is 35.9 Å². The molecule has 5 nitrogen and oxygen atoms in total. The van der Waals surface area contributed by atoms with Crippen LogP contribution >= 0.6 is 0 Å². The highest BCUT2D eigenvalue weighted by Gasteiger charge is 2.36. The number of fused-ring (bicyclic) bond motifs is 1. The van der Waals surface area contributed by atoms with Crippen molar-refractivity contribution >= 4 is 16.8 Å². The predicted octanol–water partition coefficient (Wildman–Crippen LogP) is 2.82. The molecule has 25 heavy (non-hydrogen) atoms.